The quantitative estimate of drug-likeness (QED) is 0.790. The summed E-state index contributed by atoms with van der Waals surface area (Å²) in [7, 11) is 0. The van der Waals surface area contributed by atoms with E-state index in [-0.39, 0.29) is 24.3 Å². The fourth-order valence-electron chi connectivity index (χ4n) is 2.78. The zero-order valence-electron chi connectivity index (χ0n) is 11.7. The first-order valence-corrected chi connectivity index (χ1v) is 7.22. The van der Waals surface area contributed by atoms with E-state index >= 15 is 0 Å². The van der Waals surface area contributed by atoms with Gasteiger partial charge in [0.05, 0.1) is 6.10 Å². The normalized spacial score (nSPS) is 17.3. The molecule has 108 valence electrons. The molecule has 2 aromatic carbocycles. The number of hydrogen-bond acceptors (Lipinski definition) is 2. The largest absolute Gasteiger partial charge is 0.365 e. The van der Waals surface area contributed by atoms with E-state index in [4.69, 9.17) is 4.74 Å². The number of halogens is 1. The van der Waals surface area contributed by atoms with Gasteiger partial charge >= 0.3 is 0 Å². The van der Waals surface area contributed by atoms with Gasteiger partial charge in [-0.25, -0.2) is 4.39 Å². The molecule has 0 amide bonds. The third kappa shape index (κ3) is 3.19. The number of Topliss-reactive ketones (excluding diaryl/α,β-unsaturated/α-hetero) is 1. The molecule has 2 aromatic rings. The lowest BCUT2D eigenvalue weighted by Crippen LogP contribution is -2.17. The molecule has 2 nitrogen and oxygen atoms in total. The molecule has 0 heterocycles. The number of carbonyl (C=O) groups is 1. The van der Waals surface area contributed by atoms with Gasteiger partial charge in [-0.3, -0.25) is 4.79 Å². The van der Waals surface area contributed by atoms with Gasteiger partial charge in [0.2, 0.25) is 0 Å². The van der Waals surface area contributed by atoms with E-state index in [2.05, 4.69) is 12.1 Å². The molecule has 0 spiro atoms. The number of aryl methyl sites for hydroxylation is 1. The van der Waals surface area contributed by atoms with Gasteiger partial charge in [0, 0.05) is 5.56 Å². The van der Waals surface area contributed by atoms with Gasteiger partial charge in [-0.2, -0.15) is 0 Å². The zero-order valence-corrected chi connectivity index (χ0v) is 11.7. The van der Waals surface area contributed by atoms with Crippen molar-refractivity contribution in [3.05, 3.63) is 71.0 Å². The van der Waals surface area contributed by atoms with E-state index in [1.807, 2.05) is 12.1 Å². The number of fused-ring (bicyclic) bond motifs is 1. The fraction of sp³-hybridized carbons (Fsp3) is 0.278. The predicted molar refractivity (Wildman–Crippen MR) is 78.8 cm³/mol. The topological polar surface area (TPSA) is 26.3 Å². The van der Waals surface area contributed by atoms with Crippen molar-refractivity contribution in [2.75, 3.05) is 6.61 Å². The van der Waals surface area contributed by atoms with Crippen LogP contribution in [0.2, 0.25) is 0 Å². The molecule has 21 heavy (non-hydrogen) atoms. The van der Waals surface area contributed by atoms with Crippen LogP contribution in [0, 0.1) is 5.82 Å². The zero-order chi connectivity index (χ0) is 14.7. The van der Waals surface area contributed by atoms with Gasteiger partial charge in [-0.05, 0) is 54.7 Å². The number of ether oxygens (including phenoxy) is 1. The van der Waals surface area contributed by atoms with Crippen molar-refractivity contribution >= 4 is 5.78 Å². The standard InChI is InChI=1S/C18H17FO2/c19-15-10-8-14(9-11-15)17(20)12-21-18-7-3-5-13-4-1-2-6-16(13)18/h1-2,4,6,8-11,18H,3,5,7,12H2. The molecule has 1 atom stereocenters. The Morgan fingerprint density at radius 1 is 1.14 bits per heavy atom. The fourth-order valence-corrected chi connectivity index (χ4v) is 2.78. The molecule has 3 heteroatoms. The van der Waals surface area contributed by atoms with Crippen molar-refractivity contribution < 1.29 is 13.9 Å². The van der Waals surface area contributed by atoms with E-state index in [9.17, 15) is 9.18 Å². The van der Waals surface area contributed by atoms with E-state index in [1.54, 1.807) is 0 Å². The summed E-state index contributed by atoms with van der Waals surface area (Å²) in [6, 6.07) is 13.8. The predicted octanol–water partition coefficient (Wildman–Crippen LogP) is 4.10. The number of ketones is 1. The first-order chi connectivity index (χ1) is 10.2. The third-order valence-electron chi connectivity index (χ3n) is 3.90. The summed E-state index contributed by atoms with van der Waals surface area (Å²) in [6.45, 7) is 0.0324. The molecular formula is C18H17FO2. The molecule has 0 fully saturated rings. The van der Waals surface area contributed by atoms with Crippen molar-refractivity contribution in [1.82, 2.24) is 0 Å². The Morgan fingerprint density at radius 3 is 2.71 bits per heavy atom. The number of hydrogen-bond donors (Lipinski definition) is 0. The Balaban J connectivity index is 1.66. The molecule has 0 N–H and O–H groups in total. The summed E-state index contributed by atoms with van der Waals surface area (Å²) in [5.74, 6) is -0.452. The van der Waals surface area contributed by atoms with E-state index < -0.39 is 0 Å². The highest BCUT2D eigenvalue weighted by Gasteiger charge is 2.21. The highest BCUT2D eigenvalue weighted by molar-refractivity contribution is 5.97. The molecular weight excluding hydrogens is 267 g/mol. The van der Waals surface area contributed by atoms with Crippen LogP contribution in [-0.4, -0.2) is 12.4 Å². The summed E-state index contributed by atoms with van der Waals surface area (Å²) in [5.41, 5.74) is 2.99. The molecule has 0 aliphatic heterocycles. The number of benzene rings is 2. The molecule has 0 saturated heterocycles. The maximum atomic E-state index is 12.8. The molecule has 0 saturated carbocycles. The van der Waals surface area contributed by atoms with Crippen LogP contribution in [0.15, 0.2) is 48.5 Å². The van der Waals surface area contributed by atoms with E-state index in [0.29, 0.717) is 5.56 Å². The van der Waals surface area contributed by atoms with Crippen LogP contribution in [0.25, 0.3) is 0 Å². The van der Waals surface area contributed by atoms with Crippen LogP contribution in [0.3, 0.4) is 0 Å². The second kappa shape index (κ2) is 6.19. The van der Waals surface area contributed by atoms with E-state index in [0.717, 1.165) is 19.3 Å². The number of carbonyl (C=O) groups excluding carboxylic acids is 1. The smallest absolute Gasteiger partial charge is 0.188 e. The summed E-state index contributed by atoms with van der Waals surface area (Å²) in [5, 5.41) is 0. The lowest BCUT2D eigenvalue weighted by atomic mass is 9.89. The monoisotopic (exact) mass is 284 g/mol. The second-order valence-corrected chi connectivity index (χ2v) is 5.32. The highest BCUT2D eigenvalue weighted by Crippen LogP contribution is 2.32. The first kappa shape index (κ1) is 14.0. The van der Waals surface area contributed by atoms with Crippen LogP contribution >= 0.6 is 0 Å². The Kier molecular flexibility index (Phi) is 4.11. The van der Waals surface area contributed by atoms with Crippen LogP contribution in [0.5, 0.6) is 0 Å². The maximum absolute atomic E-state index is 12.8. The van der Waals surface area contributed by atoms with Crippen LogP contribution in [0.1, 0.15) is 40.4 Å². The molecule has 0 radical (unpaired) electrons. The summed E-state index contributed by atoms with van der Waals surface area (Å²) in [6.07, 6.45) is 3.07. The molecule has 0 bridgehead atoms. The molecule has 1 aliphatic rings. The minimum Gasteiger partial charge on any atom is -0.365 e. The Bertz CT molecular complexity index is 634. The second-order valence-electron chi connectivity index (χ2n) is 5.32. The van der Waals surface area contributed by atoms with Gasteiger partial charge in [0.1, 0.15) is 12.4 Å². The summed E-state index contributed by atoms with van der Waals surface area (Å²) in [4.78, 5) is 12.1. The third-order valence-corrected chi connectivity index (χ3v) is 3.90. The Morgan fingerprint density at radius 2 is 1.90 bits per heavy atom. The van der Waals surface area contributed by atoms with Gasteiger partial charge < -0.3 is 4.74 Å². The SMILES string of the molecule is O=C(COC1CCCc2ccccc21)c1ccc(F)cc1. The van der Waals surface area contributed by atoms with Crippen molar-refractivity contribution in [3.63, 3.8) is 0 Å². The average Bonchev–Trinajstić information content (AvgIpc) is 2.53. The van der Waals surface area contributed by atoms with Crippen molar-refractivity contribution in [2.24, 2.45) is 0 Å². The number of rotatable bonds is 4. The van der Waals surface area contributed by atoms with Crippen molar-refractivity contribution in [2.45, 2.75) is 25.4 Å². The summed E-state index contributed by atoms with van der Waals surface area (Å²) >= 11 is 0. The molecule has 1 aliphatic carbocycles. The average molecular weight is 284 g/mol. The van der Waals surface area contributed by atoms with Gasteiger partial charge in [-0.1, -0.05) is 24.3 Å². The summed E-state index contributed by atoms with van der Waals surface area (Å²) < 4.78 is 18.7. The lowest BCUT2D eigenvalue weighted by molar-refractivity contribution is 0.0372. The maximum Gasteiger partial charge on any atom is 0.188 e. The van der Waals surface area contributed by atoms with E-state index in [1.165, 1.54) is 35.4 Å². The van der Waals surface area contributed by atoms with Gasteiger partial charge in [0.15, 0.2) is 5.78 Å². The van der Waals surface area contributed by atoms with Crippen LogP contribution < -0.4 is 0 Å². The molecule has 3 rings (SSSR count). The first-order valence-electron chi connectivity index (χ1n) is 7.22. The van der Waals surface area contributed by atoms with Gasteiger partial charge in [-0.15, -0.1) is 0 Å². The van der Waals surface area contributed by atoms with Crippen LogP contribution in [0.4, 0.5) is 4.39 Å². The minimum atomic E-state index is -0.339. The highest BCUT2D eigenvalue weighted by atomic mass is 19.1. The minimum absolute atomic E-state index is 0.0145. The van der Waals surface area contributed by atoms with Crippen LogP contribution in [-0.2, 0) is 11.2 Å². The Labute approximate surface area is 123 Å². The molecule has 1 unspecified atom stereocenters. The van der Waals surface area contributed by atoms with Gasteiger partial charge in [0.25, 0.3) is 0 Å². The molecule has 0 aromatic heterocycles. The lowest BCUT2D eigenvalue weighted by Gasteiger charge is -2.25. The Hall–Kier alpha value is -2.00. The van der Waals surface area contributed by atoms with Crippen molar-refractivity contribution in [1.29, 1.82) is 0 Å². The van der Waals surface area contributed by atoms with Crippen molar-refractivity contribution in [3.8, 4) is 0 Å².